The van der Waals surface area contributed by atoms with E-state index in [1.165, 1.54) is 60.0 Å². The molecular formula is C38H23N3. The van der Waals surface area contributed by atoms with E-state index < -0.39 is 0 Å². The molecule has 0 atom stereocenters. The van der Waals surface area contributed by atoms with Gasteiger partial charge in [0.05, 0.1) is 5.52 Å². The van der Waals surface area contributed by atoms with Gasteiger partial charge in [0.1, 0.15) is 11.5 Å². The van der Waals surface area contributed by atoms with Gasteiger partial charge in [0.15, 0.2) is 0 Å². The van der Waals surface area contributed by atoms with Crippen LogP contribution >= 0.6 is 0 Å². The van der Waals surface area contributed by atoms with E-state index in [4.69, 9.17) is 4.98 Å². The Morgan fingerprint density at radius 2 is 1.12 bits per heavy atom. The lowest BCUT2D eigenvalue weighted by atomic mass is 9.87. The molecule has 0 fully saturated rings. The zero-order valence-corrected chi connectivity index (χ0v) is 22.1. The van der Waals surface area contributed by atoms with Gasteiger partial charge in [0.2, 0.25) is 0 Å². The minimum Gasteiger partial charge on any atom is -0.278 e. The fraction of sp³-hybridized carbons (Fsp3) is 0. The van der Waals surface area contributed by atoms with Crippen molar-refractivity contribution in [1.82, 2.24) is 14.5 Å². The standard InChI is InChI=1S/C38H23N3/c1-2-7-24(8-3-1)28-16-11-25-14-19-31-29(17-12-26-13-18-30(28)36(25)37(26)31)27-15-20-34-33(23-27)32-9-6-22-40-38(32)41(34)35-10-4-5-21-39-35/h1-23H. The number of pyridine rings is 2. The van der Waals surface area contributed by atoms with Crippen molar-refractivity contribution in [3.8, 4) is 28.1 Å². The largest absolute Gasteiger partial charge is 0.278 e. The molecule has 3 aromatic heterocycles. The molecule has 41 heavy (non-hydrogen) atoms. The molecule has 3 heterocycles. The van der Waals surface area contributed by atoms with E-state index in [-0.39, 0.29) is 0 Å². The van der Waals surface area contributed by atoms with E-state index in [1.807, 2.05) is 36.7 Å². The lowest BCUT2D eigenvalue weighted by molar-refractivity contribution is 1.06. The van der Waals surface area contributed by atoms with E-state index in [1.54, 1.807) is 0 Å². The van der Waals surface area contributed by atoms with Crippen LogP contribution in [0.3, 0.4) is 0 Å². The minimum absolute atomic E-state index is 0.871. The summed E-state index contributed by atoms with van der Waals surface area (Å²) in [4.78, 5) is 9.40. The monoisotopic (exact) mass is 521 g/mol. The molecular weight excluding hydrogens is 498 g/mol. The summed E-state index contributed by atoms with van der Waals surface area (Å²) in [7, 11) is 0. The number of hydrogen-bond donors (Lipinski definition) is 0. The second kappa shape index (κ2) is 8.48. The Labute approximate surface area is 236 Å². The van der Waals surface area contributed by atoms with Crippen molar-refractivity contribution in [2.75, 3.05) is 0 Å². The molecule has 190 valence electrons. The highest BCUT2D eigenvalue weighted by Gasteiger charge is 2.17. The van der Waals surface area contributed by atoms with Crippen LogP contribution in [0.15, 0.2) is 140 Å². The summed E-state index contributed by atoms with van der Waals surface area (Å²) in [5.41, 5.74) is 6.97. The molecule has 0 radical (unpaired) electrons. The predicted octanol–water partition coefficient (Wildman–Crippen LogP) is 9.81. The summed E-state index contributed by atoms with van der Waals surface area (Å²) in [6.45, 7) is 0. The zero-order chi connectivity index (χ0) is 26.9. The van der Waals surface area contributed by atoms with Gasteiger partial charge in [-0.15, -0.1) is 0 Å². The van der Waals surface area contributed by atoms with Crippen molar-refractivity contribution < 1.29 is 0 Å². The van der Waals surface area contributed by atoms with Crippen LogP contribution in [0.5, 0.6) is 0 Å². The van der Waals surface area contributed by atoms with Crippen molar-refractivity contribution in [3.05, 3.63) is 140 Å². The molecule has 0 N–H and O–H groups in total. The molecule has 0 unspecified atom stereocenters. The molecule has 0 bridgehead atoms. The average molecular weight is 522 g/mol. The van der Waals surface area contributed by atoms with Crippen molar-refractivity contribution in [3.63, 3.8) is 0 Å². The third-order valence-corrected chi connectivity index (χ3v) is 8.46. The number of fused-ring (bicyclic) bond motifs is 3. The summed E-state index contributed by atoms with van der Waals surface area (Å²) >= 11 is 0. The topological polar surface area (TPSA) is 30.7 Å². The van der Waals surface area contributed by atoms with Crippen LogP contribution in [0.4, 0.5) is 0 Å². The van der Waals surface area contributed by atoms with Gasteiger partial charge in [-0.3, -0.25) is 4.57 Å². The Morgan fingerprint density at radius 1 is 0.439 bits per heavy atom. The van der Waals surface area contributed by atoms with Crippen LogP contribution in [-0.2, 0) is 0 Å². The Morgan fingerprint density at radius 3 is 1.85 bits per heavy atom. The highest BCUT2D eigenvalue weighted by atomic mass is 15.1. The second-order valence-corrected chi connectivity index (χ2v) is 10.6. The Kier molecular flexibility index (Phi) is 4.61. The van der Waals surface area contributed by atoms with Crippen LogP contribution in [0, 0.1) is 0 Å². The molecule has 0 aliphatic carbocycles. The first kappa shape index (κ1) is 22.3. The van der Waals surface area contributed by atoms with E-state index in [0.29, 0.717) is 0 Å². The predicted molar refractivity (Wildman–Crippen MR) is 171 cm³/mol. The molecule has 9 aromatic rings. The van der Waals surface area contributed by atoms with Gasteiger partial charge in [-0.25, -0.2) is 9.97 Å². The Bertz CT molecular complexity index is 2400. The number of benzene rings is 6. The van der Waals surface area contributed by atoms with Crippen molar-refractivity contribution in [1.29, 1.82) is 0 Å². The van der Waals surface area contributed by atoms with Gasteiger partial charge < -0.3 is 0 Å². The first-order chi connectivity index (χ1) is 20.3. The van der Waals surface area contributed by atoms with Gasteiger partial charge in [-0.05, 0) is 91.0 Å². The second-order valence-electron chi connectivity index (χ2n) is 10.6. The van der Waals surface area contributed by atoms with Gasteiger partial charge >= 0.3 is 0 Å². The molecule has 6 aromatic carbocycles. The number of rotatable bonds is 3. The van der Waals surface area contributed by atoms with Crippen LogP contribution in [0.25, 0.3) is 82.3 Å². The molecule has 3 nitrogen and oxygen atoms in total. The van der Waals surface area contributed by atoms with Gasteiger partial charge in [0.25, 0.3) is 0 Å². The van der Waals surface area contributed by atoms with Crippen LogP contribution in [-0.4, -0.2) is 14.5 Å². The molecule has 0 saturated carbocycles. The minimum atomic E-state index is 0.871. The molecule has 0 aliphatic heterocycles. The fourth-order valence-corrected chi connectivity index (χ4v) is 6.65. The van der Waals surface area contributed by atoms with E-state index in [0.717, 1.165) is 22.4 Å². The smallest absolute Gasteiger partial charge is 0.146 e. The fourth-order valence-electron chi connectivity index (χ4n) is 6.65. The summed E-state index contributed by atoms with van der Waals surface area (Å²) < 4.78 is 2.16. The first-order valence-corrected chi connectivity index (χ1v) is 13.9. The highest BCUT2D eigenvalue weighted by Crippen LogP contribution is 2.43. The Balaban J connectivity index is 1.32. The zero-order valence-electron chi connectivity index (χ0n) is 22.1. The number of hydrogen-bond acceptors (Lipinski definition) is 2. The van der Waals surface area contributed by atoms with Crippen molar-refractivity contribution in [2.24, 2.45) is 0 Å². The molecule has 0 saturated heterocycles. The van der Waals surface area contributed by atoms with E-state index in [2.05, 4.69) is 113 Å². The van der Waals surface area contributed by atoms with E-state index in [9.17, 15) is 0 Å². The SMILES string of the molecule is c1ccc(-c2ccc3ccc4c(-c5ccc6c(c5)c5cccnc5n6-c5ccccn5)ccc5ccc2c3c54)cc1. The lowest BCUT2D eigenvalue weighted by Gasteiger charge is -2.16. The van der Waals surface area contributed by atoms with Crippen LogP contribution in [0.1, 0.15) is 0 Å². The first-order valence-electron chi connectivity index (χ1n) is 13.9. The summed E-state index contributed by atoms with van der Waals surface area (Å²) in [6, 6.07) is 45.8. The van der Waals surface area contributed by atoms with Crippen molar-refractivity contribution in [2.45, 2.75) is 0 Å². The molecule has 9 rings (SSSR count). The van der Waals surface area contributed by atoms with Crippen molar-refractivity contribution >= 4 is 54.3 Å². The van der Waals surface area contributed by atoms with Gasteiger partial charge in [-0.2, -0.15) is 0 Å². The maximum Gasteiger partial charge on any atom is 0.146 e. The Hall–Kier alpha value is -5.54. The summed E-state index contributed by atoms with van der Waals surface area (Å²) in [6.07, 6.45) is 3.68. The number of nitrogens with zero attached hydrogens (tertiary/aromatic N) is 3. The maximum atomic E-state index is 4.76. The summed E-state index contributed by atoms with van der Waals surface area (Å²) in [5.74, 6) is 0.871. The number of aromatic nitrogens is 3. The third kappa shape index (κ3) is 3.20. The summed E-state index contributed by atoms with van der Waals surface area (Å²) in [5, 5.41) is 10.1. The van der Waals surface area contributed by atoms with Crippen LogP contribution < -0.4 is 0 Å². The van der Waals surface area contributed by atoms with E-state index >= 15 is 0 Å². The highest BCUT2D eigenvalue weighted by molar-refractivity contribution is 6.27. The third-order valence-electron chi connectivity index (χ3n) is 8.46. The molecule has 0 amide bonds. The molecule has 0 spiro atoms. The lowest BCUT2D eigenvalue weighted by Crippen LogP contribution is -1.97. The normalized spacial score (nSPS) is 11.9. The van der Waals surface area contributed by atoms with Crippen LogP contribution in [0.2, 0.25) is 0 Å². The molecule has 3 heteroatoms. The average Bonchev–Trinajstić information content (AvgIpc) is 3.38. The quantitative estimate of drug-likeness (QED) is 0.217. The maximum absolute atomic E-state index is 4.76. The van der Waals surface area contributed by atoms with Gasteiger partial charge in [0, 0.05) is 23.2 Å². The van der Waals surface area contributed by atoms with Gasteiger partial charge in [-0.1, -0.05) is 91.0 Å². The molecule has 0 aliphatic rings.